The number of aliphatic hydroxyl groups is 1. The number of amides is 1. The summed E-state index contributed by atoms with van der Waals surface area (Å²) in [6, 6.07) is 9.82. The zero-order valence-corrected chi connectivity index (χ0v) is 17.6. The molecule has 0 aliphatic carbocycles. The van der Waals surface area contributed by atoms with Crippen molar-refractivity contribution in [3.63, 3.8) is 0 Å². The number of pyridine rings is 1. The van der Waals surface area contributed by atoms with Crippen molar-refractivity contribution in [1.29, 1.82) is 0 Å². The van der Waals surface area contributed by atoms with Crippen LogP contribution in [0.5, 0.6) is 0 Å². The summed E-state index contributed by atoms with van der Waals surface area (Å²) in [4.78, 5) is 18.9. The maximum Gasteiger partial charge on any atom is 0.248 e. The van der Waals surface area contributed by atoms with Gasteiger partial charge in [-0.1, -0.05) is 12.1 Å². The van der Waals surface area contributed by atoms with E-state index in [0.717, 1.165) is 54.9 Å². The van der Waals surface area contributed by atoms with Gasteiger partial charge >= 0.3 is 0 Å². The number of rotatable bonds is 6. The molecule has 1 fully saturated rings. The number of carbonyl (C=O) groups is 1. The molecule has 0 unspecified atom stereocenters. The smallest absolute Gasteiger partial charge is 0.248 e. The van der Waals surface area contributed by atoms with Gasteiger partial charge in [0.05, 0.1) is 12.3 Å². The van der Waals surface area contributed by atoms with Gasteiger partial charge in [-0.25, -0.2) is 0 Å². The monoisotopic (exact) mass is 417 g/mol. The summed E-state index contributed by atoms with van der Waals surface area (Å²) in [5.41, 5.74) is 4.76. The van der Waals surface area contributed by atoms with Crippen LogP contribution in [0.2, 0.25) is 0 Å². The van der Waals surface area contributed by atoms with Crippen molar-refractivity contribution in [2.24, 2.45) is 7.05 Å². The number of likely N-dealkylation sites (tertiary alicyclic amines) is 1. The van der Waals surface area contributed by atoms with E-state index in [1.165, 1.54) is 11.6 Å². The highest BCUT2D eigenvalue weighted by atomic mass is 16.3. The summed E-state index contributed by atoms with van der Waals surface area (Å²) in [5.74, 6) is -0.196. The highest BCUT2D eigenvalue weighted by Gasteiger charge is 2.16. The molecule has 7 nitrogen and oxygen atoms in total. The first-order valence-corrected chi connectivity index (χ1v) is 10.5. The van der Waals surface area contributed by atoms with Crippen LogP contribution in [0.4, 0.5) is 5.69 Å². The fraction of sp³-hybridized carbons (Fsp3) is 0.292. The number of nitrogens with zero attached hydrogens (tertiary/aromatic N) is 4. The van der Waals surface area contributed by atoms with Gasteiger partial charge in [-0.15, -0.1) is 0 Å². The van der Waals surface area contributed by atoms with Crippen molar-refractivity contribution >= 4 is 17.7 Å². The normalized spacial score (nSPS) is 15.4. The van der Waals surface area contributed by atoms with Gasteiger partial charge in [0.2, 0.25) is 5.91 Å². The maximum absolute atomic E-state index is 12.4. The number of benzene rings is 1. The second-order valence-corrected chi connectivity index (χ2v) is 7.89. The molecule has 2 aromatic heterocycles. The molecule has 1 aliphatic rings. The van der Waals surface area contributed by atoms with Gasteiger partial charge in [-0.2, -0.15) is 5.10 Å². The first-order chi connectivity index (χ1) is 15.1. The fourth-order valence-electron chi connectivity index (χ4n) is 3.74. The van der Waals surface area contributed by atoms with Crippen molar-refractivity contribution in [3.8, 4) is 11.1 Å². The predicted octanol–water partition coefficient (Wildman–Crippen LogP) is 3.09. The lowest BCUT2D eigenvalue weighted by molar-refractivity contribution is -0.111. The third kappa shape index (κ3) is 5.65. The average Bonchev–Trinajstić information content (AvgIpc) is 3.21. The van der Waals surface area contributed by atoms with E-state index in [-0.39, 0.29) is 12.0 Å². The van der Waals surface area contributed by atoms with Crippen LogP contribution in [-0.2, 0) is 18.4 Å². The zero-order valence-electron chi connectivity index (χ0n) is 17.6. The lowest BCUT2D eigenvalue weighted by Crippen LogP contribution is -2.35. The molecule has 0 saturated carbocycles. The molecule has 1 amide bonds. The number of hydrogen-bond donors (Lipinski definition) is 2. The number of aryl methyl sites for hydroxylation is 1. The molecule has 2 N–H and O–H groups in total. The molecule has 0 atom stereocenters. The maximum atomic E-state index is 12.4. The van der Waals surface area contributed by atoms with E-state index in [1.807, 2.05) is 43.6 Å². The minimum absolute atomic E-state index is 0.158. The molecule has 1 aromatic carbocycles. The van der Waals surface area contributed by atoms with E-state index >= 15 is 0 Å². The van der Waals surface area contributed by atoms with Gasteiger partial charge in [0.25, 0.3) is 0 Å². The third-order valence-corrected chi connectivity index (χ3v) is 5.47. The highest BCUT2D eigenvalue weighted by molar-refractivity contribution is 6.02. The molecule has 160 valence electrons. The Kier molecular flexibility index (Phi) is 6.54. The van der Waals surface area contributed by atoms with Crippen molar-refractivity contribution in [3.05, 3.63) is 72.3 Å². The van der Waals surface area contributed by atoms with Crippen LogP contribution < -0.4 is 5.32 Å². The molecule has 7 heteroatoms. The molecule has 0 radical (unpaired) electrons. The number of aliphatic hydroxyl groups excluding tert-OH is 1. The highest BCUT2D eigenvalue weighted by Crippen LogP contribution is 2.23. The topological polar surface area (TPSA) is 83.3 Å². The summed E-state index contributed by atoms with van der Waals surface area (Å²) in [5, 5.41) is 16.7. The SMILES string of the molecule is Cn1cc(-c2ccncc2C=CC(=O)Nc2ccc(CN3CCC(O)CC3)cc2)cn1. The molecule has 1 aliphatic heterocycles. The van der Waals surface area contributed by atoms with Gasteiger partial charge in [0, 0.05) is 68.2 Å². The molecule has 4 rings (SSSR count). The van der Waals surface area contributed by atoms with Gasteiger partial charge in [-0.05, 0) is 48.2 Å². The molecule has 3 heterocycles. The fourth-order valence-corrected chi connectivity index (χ4v) is 3.74. The lowest BCUT2D eigenvalue weighted by Gasteiger charge is -2.29. The number of piperidine rings is 1. The largest absolute Gasteiger partial charge is 0.393 e. The Morgan fingerprint density at radius 2 is 1.97 bits per heavy atom. The number of nitrogens with one attached hydrogen (secondary N) is 1. The number of carbonyl (C=O) groups excluding carboxylic acids is 1. The quantitative estimate of drug-likeness (QED) is 0.602. The van der Waals surface area contributed by atoms with Crippen LogP contribution in [0, 0.1) is 0 Å². The van der Waals surface area contributed by atoms with E-state index in [1.54, 1.807) is 29.3 Å². The molecule has 0 bridgehead atoms. The van der Waals surface area contributed by atoms with E-state index in [4.69, 9.17) is 0 Å². The average molecular weight is 418 g/mol. The van der Waals surface area contributed by atoms with E-state index in [2.05, 4.69) is 20.3 Å². The Labute approximate surface area is 182 Å². The number of hydrogen-bond acceptors (Lipinski definition) is 5. The Morgan fingerprint density at radius 1 is 1.19 bits per heavy atom. The number of aromatic nitrogens is 3. The summed E-state index contributed by atoms with van der Waals surface area (Å²) in [6.45, 7) is 2.69. The van der Waals surface area contributed by atoms with Crippen LogP contribution in [0.3, 0.4) is 0 Å². The molecule has 1 saturated heterocycles. The summed E-state index contributed by atoms with van der Waals surface area (Å²) in [6.07, 6.45) is 12.0. The molecular weight excluding hydrogens is 390 g/mol. The third-order valence-electron chi connectivity index (χ3n) is 5.47. The van der Waals surface area contributed by atoms with Crippen LogP contribution in [-0.4, -0.2) is 49.9 Å². The van der Waals surface area contributed by atoms with Crippen LogP contribution in [0.25, 0.3) is 17.2 Å². The summed E-state index contributed by atoms with van der Waals surface area (Å²) in [7, 11) is 1.87. The molecule has 31 heavy (non-hydrogen) atoms. The van der Waals surface area contributed by atoms with Crippen molar-refractivity contribution in [2.75, 3.05) is 18.4 Å². The Hall–Kier alpha value is -3.29. The summed E-state index contributed by atoms with van der Waals surface area (Å²) >= 11 is 0. The Morgan fingerprint density at radius 3 is 2.68 bits per heavy atom. The Bertz CT molecular complexity index is 1050. The molecular formula is C24H27N5O2. The van der Waals surface area contributed by atoms with Crippen LogP contribution in [0.15, 0.2) is 61.2 Å². The zero-order chi connectivity index (χ0) is 21.6. The number of anilines is 1. The van der Waals surface area contributed by atoms with Crippen molar-refractivity contribution < 1.29 is 9.90 Å². The molecule has 0 spiro atoms. The van der Waals surface area contributed by atoms with Crippen LogP contribution in [0.1, 0.15) is 24.0 Å². The first kappa shape index (κ1) is 21.0. The van der Waals surface area contributed by atoms with Gasteiger partial charge in [-0.3, -0.25) is 19.4 Å². The van der Waals surface area contributed by atoms with Gasteiger partial charge in [0.1, 0.15) is 0 Å². The lowest BCUT2D eigenvalue weighted by atomic mass is 10.0. The minimum Gasteiger partial charge on any atom is -0.393 e. The van der Waals surface area contributed by atoms with Gasteiger partial charge < -0.3 is 10.4 Å². The summed E-state index contributed by atoms with van der Waals surface area (Å²) < 4.78 is 1.74. The van der Waals surface area contributed by atoms with Crippen molar-refractivity contribution in [1.82, 2.24) is 19.7 Å². The van der Waals surface area contributed by atoms with E-state index in [0.29, 0.717) is 0 Å². The second-order valence-electron chi connectivity index (χ2n) is 7.89. The van der Waals surface area contributed by atoms with Gasteiger partial charge in [0.15, 0.2) is 0 Å². The van der Waals surface area contributed by atoms with Crippen LogP contribution >= 0.6 is 0 Å². The standard InChI is InChI=1S/C24H27N5O2/c1-28-17-20(15-26-28)23-8-11-25-14-19(23)4-7-24(31)27-21-5-2-18(3-6-21)16-29-12-9-22(30)10-13-29/h2-8,11,14-15,17,22,30H,9-10,12-13,16H2,1H3,(H,27,31). The second kappa shape index (κ2) is 9.68. The van der Waals surface area contributed by atoms with Crippen molar-refractivity contribution in [2.45, 2.75) is 25.5 Å². The first-order valence-electron chi connectivity index (χ1n) is 10.5. The van der Waals surface area contributed by atoms with E-state index in [9.17, 15) is 9.90 Å². The molecule has 3 aromatic rings. The Balaban J connectivity index is 1.35. The predicted molar refractivity (Wildman–Crippen MR) is 121 cm³/mol. The minimum atomic E-state index is -0.196. The van der Waals surface area contributed by atoms with E-state index < -0.39 is 0 Å².